The van der Waals surface area contributed by atoms with Gasteiger partial charge in [-0.25, -0.2) is 14.0 Å². The summed E-state index contributed by atoms with van der Waals surface area (Å²) in [4.78, 5) is 36.9. The Kier molecular flexibility index (Phi) is 5.71. The third-order valence-corrected chi connectivity index (χ3v) is 3.53. The highest BCUT2D eigenvalue weighted by atomic mass is 35.5. The molecular formula is C17H13ClFNO5. The minimum absolute atomic E-state index is 0.0672. The molecule has 0 bridgehead atoms. The summed E-state index contributed by atoms with van der Waals surface area (Å²) in [5.74, 6) is -2.39. The first-order chi connectivity index (χ1) is 11.9. The lowest BCUT2D eigenvalue weighted by molar-refractivity contribution is -0.139. The van der Waals surface area contributed by atoms with Crippen molar-refractivity contribution < 1.29 is 28.2 Å². The first kappa shape index (κ1) is 18.4. The quantitative estimate of drug-likeness (QED) is 0.603. The van der Waals surface area contributed by atoms with Gasteiger partial charge < -0.3 is 14.4 Å². The van der Waals surface area contributed by atoms with Gasteiger partial charge in [0.2, 0.25) is 0 Å². The fourth-order valence-electron chi connectivity index (χ4n) is 2.18. The molecule has 25 heavy (non-hydrogen) atoms. The molecular weight excluding hydrogens is 353 g/mol. The highest BCUT2D eigenvalue weighted by Gasteiger charge is 2.28. The molecule has 6 nitrogen and oxygen atoms in total. The Bertz CT molecular complexity index is 828. The van der Waals surface area contributed by atoms with Gasteiger partial charge in [0.1, 0.15) is 11.5 Å². The first-order valence-electron chi connectivity index (χ1n) is 6.95. The van der Waals surface area contributed by atoms with Crippen molar-refractivity contribution in [3.63, 3.8) is 0 Å². The molecule has 8 heteroatoms. The highest BCUT2D eigenvalue weighted by molar-refractivity contribution is 6.67. The monoisotopic (exact) mass is 365 g/mol. The van der Waals surface area contributed by atoms with Crippen molar-refractivity contribution in [3.8, 4) is 0 Å². The van der Waals surface area contributed by atoms with Crippen LogP contribution in [0.15, 0.2) is 53.9 Å². The average Bonchev–Trinajstić information content (AvgIpc) is 2.83. The number of nitrogens with zero attached hydrogens (tertiary/aromatic N) is 1. The Morgan fingerprint density at radius 1 is 1.08 bits per heavy atom. The van der Waals surface area contributed by atoms with Crippen LogP contribution in [-0.2, 0) is 19.1 Å². The van der Waals surface area contributed by atoms with Crippen LogP contribution in [0.2, 0.25) is 0 Å². The molecule has 2 rings (SSSR count). The van der Waals surface area contributed by atoms with Crippen molar-refractivity contribution >= 4 is 34.5 Å². The molecule has 0 aromatic heterocycles. The zero-order chi connectivity index (χ0) is 18.6. The number of carbonyl (C=O) groups is 3. The molecule has 0 saturated carbocycles. The van der Waals surface area contributed by atoms with Gasteiger partial charge in [-0.05, 0) is 42.0 Å². The van der Waals surface area contributed by atoms with Crippen molar-refractivity contribution in [2.45, 2.75) is 0 Å². The predicted octanol–water partition coefficient (Wildman–Crippen LogP) is 2.69. The van der Waals surface area contributed by atoms with Crippen LogP contribution in [0.4, 0.5) is 10.1 Å². The summed E-state index contributed by atoms with van der Waals surface area (Å²) in [6, 6.07) is 3.52. The van der Waals surface area contributed by atoms with E-state index >= 15 is 0 Å². The van der Waals surface area contributed by atoms with Gasteiger partial charge in [-0.3, -0.25) is 4.79 Å². The zero-order valence-corrected chi connectivity index (χ0v) is 14.0. The van der Waals surface area contributed by atoms with Gasteiger partial charge in [-0.1, -0.05) is 6.08 Å². The smallest absolute Gasteiger partial charge is 0.355 e. The summed E-state index contributed by atoms with van der Waals surface area (Å²) < 4.78 is 23.1. The van der Waals surface area contributed by atoms with Crippen molar-refractivity contribution in [3.05, 3.63) is 65.3 Å². The molecule has 0 atom stereocenters. The summed E-state index contributed by atoms with van der Waals surface area (Å²) >= 11 is 5.37. The van der Waals surface area contributed by atoms with E-state index < -0.39 is 23.0 Å². The van der Waals surface area contributed by atoms with Crippen LogP contribution in [-0.4, -0.2) is 31.4 Å². The summed E-state index contributed by atoms with van der Waals surface area (Å²) in [5, 5.41) is -0.993. The van der Waals surface area contributed by atoms with E-state index in [9.17, 15) is 18.8 Å². The van der Waals surface area contributed by atoms with E-state index in [4.69, 9.17) is 16.3 Å². The Hall–Kier alpha value is -2.93. The average molecular weight is 366 g/mol. The van der Waals surface area contributed by atoms with Crippen LogP contribution in [0.3, 0.4) is 0 Å². The Labute approximate surface area is 147 Å². The van der Waals surface area contributed by atoms with E-state index in [2.05, 4.69) is 4.74 Å². The molecule has 0 saturated heterocycles. The molecule has 1 heterocycles. The predicted molar refractivity (Wildman–Crippen MR) is 88.4 cm³/mol. The fraction of sp³-hybridized carbons (Fsp3) is 0.118. The first-order valence-corrected chi connectivity index (χ1v) is 7.33. The molecule has 1 aliphatic rings. The molecule has 1 aromatic carbocycles. The lowest BCUT2D eigenvalue weighted by atomic mass is 10.1. The van der Waals surface area contributed by atoms with Crippen LogP contribution in [0, 0.1) is 5.82 Å². The number of halogens is 2. The van der Waals surface area contributed by atoms with Crippen LogP contribution >= 0.6 is 11.6 Å². The van der Waals surface area contributed by atoms with Crippen molar-refractivity contribution in [2.24, 2.45) is 0 Å². The van der Waals surface area contributed by atoms with Crippen LogP contribution in [0.1, 0.15) is 10.4 Å². The summed E-state index contributed by atoms with van der Waals surface area (Å²) in [6.07, 6.45) is 5.90. The number of hydrogen-bond donors (Lipinski definition) is 0. The van der Waals surface area contributed by atoms with Gasteiger partial charge in [0.05, 0.1) is 25.4 Å². The molecule has 1 aliphatic heterocycles. The summed E-state index contributed by atoms with van der Waals surface area (Å²) in [5.41, 5.74) is -0.359. The maximum atomic E-state index is 13.7. The molecule has 0 N–H and O–H groups in total. The van der Waals surface area contributed by atoms with Crippen LogP contribution in [0.5, 0.6) is 0 Å². The van der Waals surface area contributed by atoms with Crippen molar-refractivity contribution in [1.82, 2.24) is 0 Å². The number of methoxy groups -OCH3 is 2. The van der Waals surface area contributed by atoms with E-state index in [0.29, 0.717) is 0 Å². The number of hydrogen-bond acceptors (Lipinski definition) is 6. The molecule has 0 radical (unpaired) electrons. The lowest BCUT2D eigenvalue weighted by Gasteiger charge is -2.23. The number of allylic oxidation sites excluding steroid dienone is 2. The minimum atomic E-state index is -0.993. The van der Waals surface area contributed by atoms with E-state index in [1.165, 1.54) is 36.4 Å². The minimum Gasteiger partial charge on any atom is -0.465 e. The van der Waals surface area contributed by atoms with Gasteiger partial charge in [0.15, 0.2) is 0 Å². The van der Waals surface area contributed by atoms with Crippen molar-refractivity contribution in [2.75, 3.05) is 19.1 Å². The number of rotatable bonds is 4. The molecule has 130 valence electrons. The maximum absolute atomic E-state index is 13.7. The normalized spacial score (nSPS) is 13.5. The van der Waals surface area contributed by atoms with Gasteiger partial charge in [0, 0.05) is 11.9 Å². The molecule has 0 spiro atoms. The third kappa shape index (κ3) is 3.77. The SMILES string of the molecule is COC(=O)C1=C(C(=O)OC)N(c2ccc(F)c(C(=O)Cl)c2)C=CC=C1. The number of anilines is 1. The molecule has 0 aliphatic carbocycles. The second kappa shape index (κ2) is 7.76. The number of ether oxygens (including phenoxy) is 2. The third-order valence-electron chi connectivity index (χ3n) is 3.33. The molecule has 0 fully saturated rings. The van der Waals surface area contributed by atoms with Gasteiger partial charge in [-0.15, -0.1) is 0 Å². The van der Waals surface area contributed by atoms with Crippen LogP contribution < -0.4 is 4.90 Å². The number of carbonyl (C=O) groups excluding carboxylic acids is 3. The standard InChI is InChI=1S/C17H13ClFNO5/c1-24-16(22)11-5-3-4-8-20(14(11)17(23)25-2)10-6-7-13(19)12(9-10)15(18)21/h3-9H,1-2H3. The van der Waals surface area contributed by atoms with Gasteiger partial charge in [0.25, 0.3) is 5.24 Å². The summed E-state index contributed by atoms with van der Waals surface area (Å²) in [7, 11) is 2.32. The van der Waals surface area contributed by atoms with E-state index in [1.54, 1.807) is 6.08 Å². The number of esters is 2. The molecule has 0 amide bonds. The van der Waals surface area contributed by atoms with Gasteiger partial charge in [-0.2, -0.15) is 0 Å². The van der Waals surface area contributed by atoms with E-state index in [1.807, 2.05) is 0 Å². The second-order valence-corrected chi connectivity index (χ2v) is 5.10. The molecule has 0 unspecified atom stereocenters. The largest absolute Gasteiger partial charge is 0.465 e. The maximum Gasteiger partial charge on any atom is 0.355 e. The lowest BCUT2D eigenvalue weighted by Crippen LogP contribution is -2.27. The highest BCUT2D eigenvalue weighted by Crippen LogP contribution is 2.28. The molecule has 1 aromatic rings. The topological polar surface area (TPSA) is 72.9 Å². The van der Waals surface area contributed by atoms with E-state index in [0.717, 1.165) is 19.2 Å². The Morgan fingerprint density at radius 3 is 2.36 bits per heavy atom. The van der Waals surface area contributed by atoms with Gasteiger partial charge >= 0.3 is 11.9 Å². The van der Waals surface area contributed by atoms with E-state index in [-0.39, 0.29) is 22.5 Å². The van der Waals surface area contributed by atoms with Crippen LogP contribution in [0.25, 0.3) is 0 Å². The Balaban J connectivity index is 2.69. The zero-order valence-electron chi connectivity index (χ0n) is 13.3. The second-order valence-electron chi connectivity index (χ2n) is 4.75. The number of benzene rings is 1. The Morgan fingerprint density at radius 2 is 1.76 bits per heavy atom. The summed E-state index contributed by atoms with van der Waals surface area (Å²) in [6.45, 7) is 0. The fourth-order valence-corrected chi connectivity index (χ4v) is 2.32. The van der Waals surface area contributed by atoms with Crippen molar-refractivity contribution in [1.29, 1.82) is 0 Å².